The van der Waals surface area contributed by atoms with Gasteiger partial charge in [0.25, 0.3) is 10.1 Å². The van der Waals surface area contributed by atoms with E-state index in [0.29, 0.717) is 5.57 Å². The van der Waals surface area contributed by atoms with Crippen LogP contribution in [-0.2, 0) is 14.9 Å². The van der Waals surface area contributed by atoms with E-state index < -0.39 is 21.3 Å². The normalized spacial score (nSPS) is 15.5. The van der Waals surface area contributed by atoms with Crippen molar-refractivity contribution >= 4 is 16.1 Å². The molecular formula is C7H12O5S. The molecule has 0 aromatic rings. The molecule has 76 valence electrons. The fourth-order valence-corrected chi connectivity index (χ4v) is 1.30. The van der Waals surface area contributed by atoms with Gasteiger partial charge in [-0.05, 0) is 20.3 Å². The van der Waals surface area contributed by atoms with Gasteiger partial charge < -0.3 is 5.11 Å². The van der Waals surface area contributed by atoms with Crippen LogP contribution in [0.5, 0.6) is 0 Å². The Morgan fingerprint density at radius 1 is 1.54 bits per heavy atom. The second-order valence-corrected chi connectivity index (χ2v) is 4.69. The summed E-state index contributed by atoms with van der Waals surface area (Å²) < 4.78 is 29.6. The maximum Gasteiger partial charge on any atom is 0.328 e. The number of aliphatic carboxylic acids is 1. The smallest absolute Gasteiger partial charge is 0.328 e. The lowest BCUT2D eigenvalue weighted by Gasteiger charge is -2.06. The molecule has 1 atom stereocenters. The number of carboxylic acid groups (broad SMARTS) is 1. The van der Waals surface area contributed by atoms with Crippen molar-refractivity contribution in [3.05, 3.63) is 11.6 Å². The Kier molecular flexibility index (Phi) is 4.09. The number of hydrogen-bond donors (Lipinski definition) is 2. The maximum atomic E-state index is 10.5. The van der Waals surface area contributed by atoms with E-state index in [0.717, 1.165) is 6.08 Å². The molecule has 13 heavy (non-hydrogen) atoms. The van der Waals surface area contributed by atoms with E-state index in [1.165, 1.54) is 13.8 Å². The molecule has 5 nitrogen and oxygen atoms in total. The Bertz CT molecular complexity index is 314. The molecule has 0 amide bonds. The lowest BCUT2D eigenvalue weighted by atomic mass is 10.1. The van der Waals surface area contributed by atoms with E-state index >= 15 is 0 Å². The molecule has 0 aliphatic rings. The van der Waals surface area contributed by atoms with Gasteiger partial charge in [-0.2, -0.15) is 8.42 Å². The van der Waals surface area contributed by atoms with Crippen LogP contribution in [0.15, 0.2) is 11.6 Å². The highest BCUT2D eigenvalue weighted by Gasteiger charge is 2.17. The van der Waals surface area contributed by atoms with Crippen LogP contribution in [0.25, 0.3) is 0 Å². The number of carboxylic acids is 1. The molecule has 0 saturated carbocycles. The Morgan fingerprint density at radius 2 is 2.00 bits per heavy atom. The highest BCUT2D eigenvalue weighted by atomic mass is 32.2. The monoisotopic (exact) mass is 208 g/mol. The van der Waals surface area contributed by atoms with Crippen molar-refractivity contribution in [2.75, 3.05) is 0 Å². The molecule has 0 aromatic carbocycles. The largest absolute Gasteiger partial charge is 0.478 e. The molecule has 1 unspecified atom stereocenters. The van der Waals surface area contributed by atoms with Crippen molar-refractivity contribution in [1.29, 1.82) is 0 Å². The van der Waals surface area contributed by atoms with Crippen molar-refractivity contribution in [1.82, 2.24) is 0 Å². The molecule has 0 rings (SSSR count). The summed E-state index contributed by atoms with van der Waals surface area (Å²) in [5.74, 6) is -1.12. The van der Waals surface area contributed by atoms with Crippen LogP contribution in [0.2, 0.25) is 0 Å². The number of allylic oxidation sites excluding steroid dienone is 1. The second kappa shape index (κ2) is 4.38. The minimum atomic E-state index is -4.07. The van der Waals surface area contributed by atoms with Gasteiger partial charge in [0.05, 0.1) is 5.25 Å². The van der Waals surface area contributed by atoms with Crippen molar-refractivity contribution in [2.24, 2.45) is 0 Å². The summed E-state index contributed by atoms with van der Waals surface area (Å²) in [4.78, 5) is 10.2. The van der Waals surface area contributed by atoms with Gasteiger partial charge in [0.15, 0.2) is 0 Å². The lowest BCUT2D eigenvalue weighted by Crippen LogP contribution is -2.16. The van der Waals surface area contributed by atoms with E-state index in [1.54, 1.807) is 0 Å². The fourth-order valence-electron chi connectivity index (χ4n) is 0.828. The van der Waals surface area contributed by atoms with Crippen molar-refractivity contribution in [2.45, 2.75) is 25.5 Å². The van der Waals surface area contributed by atoms with E-state index in [4.69, 9.17) is 9.66 Å². The second-order valence-electron chi connectivity index (χ2n) is 2.86. The number of carbonyl (C=O) groups is 1. The zero-order valence-corrected chi connectivity index (χ0v) is 8.21. The topological polar surface area (TPSA) is 91.7 Å². The first-order chi connectivity index (χ1) is 5.73. The minimum absolute atomic E-state index is 0.0190. The van der Waals surface area contributed by atoms with Gasteiger partial charge >= 0.3 is 5.97 Å². The molecule has 0 saturated heterocycles. The first-order valence-electron chi connectivity index (χ1n) is 3.60. The van der Waals surface area contributed by atoms with Crippen LogP contribution in [0, 0.1) is 0 Å². The predicted molar refractivity (Wildman–Crippen MR) is 47.0 cm³/mol. The third-order valence-electron chi connectivity index (χ3n) is 1.49. The molecule has 0 heterocycles. The molecule has 0 aliphatic carbocycles. The Labute approximate surface area is 76.8 Å². The van der Waals surface area contributed by atoms with Crippen molar-refractivity contribution in [3.63, 3.8) is 0 Å². The van der Waals surface area contributed by atoms with Gasteiger partial charge in [-0.1, -0.05) is 5.57 Å². The van der Waals surface area contributed by atoms with Crippen LogP contribution in [0.4, 0.5) is 0 Å². The lowest BCUT2D eigenvalue weighted by molar-refractivity contribution is -0.131. The van der Waals surface area contributed by atoms with Gasteiger partial charge in [-0.25, -0.2) is 4.79 Å². The summed E-state index contributed by atoms with van der Waals surface area (Å²) in [6.07, 6.45) is 0.937. The zero-order valence-electron chi connectivity index (χ0n) is 7.39. The molecule has 0 spiro atoms. The van der Waals surface area contributed by atoms with E-state index in [-0.39, 0.29) is 6.42 Å². The average Bonchev–Trinajstić information content (AvgIpc) is 1.82. The van der Waals surface area contributed by atoms with Crippen LogP contribution >= 0.6 is 0 Å². The molecule has 0 aromatic heterocycles. The van der Waals surface area contributed by atoms with E-state index in [9.17, 15) is 13.2 Å². The summed E-state index contributed by atoms with van der Waals surface area (Å²) >= 11 is 0. The third kappa shape index (κ3) is 5.37. The van der Waals surface area contributed by atoms with Crippen molar-refractivity contribution in [3.8, 4) is 0 Å². The van der Waals surface area contributed by atoms with Crippen LogP contribution in [0.3, 0.4) is 0 Å². The third-order valence-corrected chi connectivity index (χ3v) is 2.67. The summed E-state index contributed by atoms with van der Waals surface area (Å²) in [6, 6.07) is 0. The summed E-state index contributed by atoms with van der Waals surface area (Å²) in [6.45, 7) is 2.81. The first-order valence-corrected chi connectivity index (χ1v) is 5.10. The van der Waals surface area contributed by atoms with Crippen LogP contribution in [0.1, 0.15) is 20.3 Å². The van der Waals surface area contributed by atoms with Gasteiger partial charge in [-0.3, -0.25) is 4.55 Å². The first kappa shape index (κ1) is 12.1. The Balaban J connectivity index is 4.40. The predicted octanol–water partition coefficient (Wildman–Crippen LogP) is 0.684. The summed E-state index contributed by atoms with van der Waals surface area (Å²) in [5, 5.41) is 7.34. The van der Waals surface area contributed by atoms with E-state index in [2.05, 4.69) is 0 Å². The van der Waals surface area contributed by atoms with Crippen LogP contribution < -0.4 is 0 Å². The zero-order chi connectivity index (χ0) is 10.6. The SMILES string of the molecule is CC(=CC(=O)O)CC(C)S(=O)(=O)O. The molecule has 0 fully saturated rings. The summed E-state index contributed by atoms with van der Waals surface area (Å²) in [7, 11) is -4.07. The standard InChI is InChI=1S/C7H12O5S/c1-5(4-7(8)9)3-6(2)13(10,11)12/h4,6H,3H2,1-2H3,(H,8,9)(H,10,11,12). The Morgan fingerprint density at radius 3 is 2.31 bits per heavy atom. The van der Waals surface area contributed by atoms with Gasteiger partial charge in [0, 0.05) is 6.08 Å². The maximum absolute atomic E-state index is 10.5. The molecular weight excluding hydrogens is 196 g/mol. The molecule has 6 heteroatoms. The number of rotatable bonds is 4. The Hall–Kier alpha value is -0.880. The highest BCUT2D eigenvalue weighted by molar-refractivity contribution is 7.86. The molecule has 0 aliphatic heterocycles. The molecule has 0 radical (unpaired) electrons. The molecule has 2 N–H and O–H groups in total. The van der Waals surface area contributed by atoms with Gasteiger partial charge in [0.1, 0.15) is 0 Å². The van der Waals surface area contributed by atoms with Gasteiger partial charge in [0.2, 0.25) is 0 Å². The van der Waals surface area contributed by atoms with Gasteiger partial charge in [-0.15, -0.1) is 0 Å². The quantitative estimate of drug-likeness (QED) is 0.523. The molecule has 0 bridgehead atoms. The van der Waals surface area contributed by atoms with E-state index in [1.807, 2.05) is 0 Å². The highest BCUT2D eigenvalue weighted by Crippen LogP contribution is 2.10. The number of hydrogen-bond acceptors (Lipinski definition) is 3. The van der Waals surface area contributed by atoms with Crippen LogP contribution in [-0.4, -0.2) is 29.3 Å². The minimum Gasteiger partial charge on any atom is -0.478 e. The average molecular weight is 208 g/mol. The van der Waals surface area contributed by atoms with Crippen molar-refractivity contribution < 1.29 is 22.9 Å². The summed E-state index contributed by atoms with van der Waals surface area (Å²) in [5.41, 5.74) is 0.401. The fraction of sp³-hybridized carbons (Fsp3) is 0.571.